The van der Waals surface area contributed by atoms with Crippen molar-refractivity contribution in [3.05, 3.63) is 95.6 Å². The number of rotatable bonds is 3. The average Bonchev–Trinajstić information content (AvgIpc) is 3.45. The lowest BCUT2D eigenvalue weighted by Crippen LogP contribution is -1.84. The number of hydrogen-bond donors (Lipinski definition) is 0. The lowest BCUT2D eigenvalue weighted by Gasteiger charge is -2.07. The minimum Gasteiger partial charge on any atom is -0.416 e. The van der Waals surface area contributed by atoms with Crippen LogP contribution in [0, 0.1) is 20.8 Å². The van der Waals surface area contributed by atoms with E-state index in [2.05, 4.69) is 73.4 Å². The molecule has 6 rings (SSSR count). The van der Waals surface area contributed by atoms with E-state index in [0.717, 1.165) is 16.7 Å². The molecule has 0 saturated heterocycles. The van der Waals surface area contributed by atoms with Gasteiger partial charge in [0.15, 0.2) is 0 Å². The molecular formula is C29H22N2OS. The molecule has 0 radical (unpaired) electrons. The number of thiophene rings is 1. The summed E-state index contributed by atoms with van der Waals surface area (Å²) >= 11 is 1.88. The third kappa shape index (κ3) is 3.43. The van der Waals surface area contributed by atoms with Crippen molar-refractivity contribution in [2.75, 3.05) is 0 Å². The Bertz CT molecular complexity index is 1640. The summed E-state index contributed by atoms with van der Waals surface area (Å²) < 4.78 is 8.70. The summed E-state index contributed by atoms with van der Waals surface area (Å²) in [5.74, 6) is 1.06. The van der Waals surface area contributed by atoms with E-state index in [9.17, 15) is 0 Å². The molecular weight excluding hydrogens is 424 g/mol. The number of hydrogen-bond acceptors (Lipinski definition) is 4. The predicted molar refractivity (Wildman–Crippen MR) is 138 cm³/mol. The summed E-state index contributed by atoms with van der Waals surface area (Å²) in [5.41, 5.74) is 8.13. The maximum atomic E-state index is 6.02. The van der Waals surface area contributed by atoms with Crippen molar-refractivity contribution in [2.24, 2.45) is 0 Å². The summed E-state index contributed by atoms with van der Waals surface area (Å²) in [6.45, 7) is 6.55. The molecule has 0 N–H and O–H groups in total. The molecule has 33 heavy (non-hydrogen) atoms. The van der Waals surface area contributed by atoms with Crippen LogP contribution in [0.2, 0.25) is 0 Å². The van der Waals surface area contributed by atoms with E-state index >= 15 is 0 Å². The Hall–Kier alpha value is -3.76. The zero-order valence-corrected chi connectivity index (χ0v) is 19.5. The first-order valence-electron chi connectivity index (χ1n) is 11.0. The van der Waals surface area contributed by atoms with Crippen LogP contribution in [0.15, 0.2) is 83.3 Å². The van der Waals surface area contributed by atoms with Crippen molar-refractivity contribution in [2.45, 2.75) is 20.8 Å². The Kier molecular flexibility index (Phi) is 4.63. The Morgan fingerprint density at radius 1 is 0.606 bits per heavy atom. The molecule has 0 unspecified atom stereocenters. The minimum absolute atomic E-state index is 0.530. The van der Waals surface area contributed by atoms with Crippen molar-refractivity contribution in [3.8, 4) is 34.0 Å². The Morgan fingerprint density at radius 2 is 1.24 bits per heavy atom. The Balaban J connectivity index is 1.50. The molecule has 0 aliphatic heterocycles. The fourth-order valence-corrected chi connectivity index (χ4v) is 5.82. The van der Waals surface area contributed by atoms with Crippen LogP contribution >= 0.6 is 11.3 Å². The average molecular weight is 447 g/mol. The number of aromatic nitrogens is 2. The summed E-state index contributed by atoms with van der Waals surface area (Å²) in [6, 6.07) is 27.4. The third-order valence-electron chi connectivity index (χ3n) is 6.01. The number of benzene rings is 4. The first-order valence-corrected chi connectivity index (χ1v) is 11.8. The van der Waals surface area contributed by atoms with Crippen LogP contribution in [-0.4, -0.2) is 10.2 Å². The lowest BCUT2D eigenvalue weighted by atomic mass is 9.98. The van der Waals surface area contributed by atoms with Gasteiger partial charge in [-0.25, -0.2) is 0 Å². The number of aryl methyl sites for hydroxylation is 3. The molecule has 4 aromatic carbocycles. The molecule has 0 atom stereocenters. The summed E-state index contributed by atoms with van der Waals surface area (Å²) in [6.07, 6.45) is 0. The van der Waals surface area contributed by atoms with Crippen LogP contribution in [0.4, 0.5) is 0 Å². The largest absolute Gasteiger partial charge is 0.416 e. The molecule has 4 heteroatoms. The summed E-state index contributed by atoms with van der Waals surface area (Å²) in [5, 5.41) is 11.3. The van der Waals surface area contributed by atoms with Crippen LogP contribution < -0.4 is 0 Å². The van der Waals surface area contributed by atoms with E-state index in [0.29, 0.717) is 11.8 Å². The van der Waals surface area contributed by atoms with Gasteiger partial charge in [0.25, 0.3) is 0 Å². The van der Waals surface area contributed by atoms with E-state index < -0.39 is 0 Å². The molecule has 0 fully saturated rings. The van der Waals surface area contributed by atoms with Gasteiger partial charge < -0.3 is 4.42 Å². The number of fused-ring (bicyclic) bond motifs is 3. The predicted octanol–water partition coefficient (Wildman–Crippen LogP) is 8.36. The van der Waals surface area contributed by atoms with Crippen molar-refractivity contribution in [1.29, 1.82) is 0 Å². The zero-order valence-electron chi connectivity index (χ0n) is 18.7. The van der Waals surface area contributed by atoms with Gasteiger partial charge in [-0.15, -0.1) is 21.5 Å². The molecule has 0 aliphatic carbocycles. The van der Waals surface area contributed by atoms with Gasteiger partial charge in [0.2, 0.25) is 11.8 Å². The monoisotopic (exact) mass is 446 g/mol. The lowest BCUT2D eigenvalue weighted by molar-refractivity contribution is 0.584. The highest BCUT2D eigenvalue weighted by molar-refractivity contribution is 7.26. The summed E-state index contributed by atoms with van der Waals surface area (Å²) in [4.78, 5) is 0. The van der Waals surface area contributed by atoms with E-state index in [-0.39, 0.29) is 0 Å². The fourth-order valence-electron chi connectivity index (χ4n) is 4.55. The zero-order chi connectivity index (χ0) is 22.5. The van der Waals surface area contributed by atoms with Crippen molar-refractivity contribution < 1.29 is 4.42 Å². The van der Waals surface area contributed by atoms with E-state index in [1.54, 1.807) is 0 Å². The first kappa shape index (κ1) is 19.9. The SMILES string of the molecule is Cc1cc(C)c2sc3c(-c4cccc(-c5nnc(-c6ccccc6)o5)c4)cc(C)cc3c2c1. The van der Waals surface area contributed by atoms with Crippen molar-refractivity contribution in [3.63, 3.8) is 0 Å². The van der Waals surface area contributed by atoms with E-state index in [4.69, 9.17) is 4.42 Å². The second-order valence-electron chi connectivity index (χ2n) is 8.61. The van der Waals surface area contributed by atoms with Crippen LogP contribution in [0.1, 0.15) is 16.7 Å². The van der Waals surface area contributed by atoms with Crippen LogP contribution in [0.5, 0.6) is 0 Å². The van der Waals surface area contributed by atoms with Crippen LogP contribution in [-0.2, 0) is 0 Å². The Morgan fingerprint density at radius 3 is 2.03 bits per heavy atom. The second-order valence-corrected chi connectivity index (χ2v) is 9.63. The van der Waals surface area contributed by atoms with Gasteiger partial charge in [-0.2, -0.15) is 0 Å². The van der Waals surface area contributed by atoms with Gasteiger partial charge in [-0.1, -0.05) is 42.0 Å². The molecule has 3 nitrogen and oxygen atoms in total. The third-order valence-corrected chi connectivity index (χ3v) is 7.40. The highest BCUT2D eigenvalue weighted by atomic mass is 32.1. The standard InChI is InChI=1S/C29H22N2OS/c1-17-12-19(3)26-24(14-17)25-15-18(2)13-23(27(25)33-26)21-10-7-11-22(16-21)29-31-30-28(32-29)20-8-5-4-6-9-20/h4-16H,1-3H3. The van der Waals surface area contributed by atoms with Gasteiger partial charge in [0, 0.05) is 31.3 Å². The van der Waals surface area contributed by atoms with Gasteiger partial charge in [0.05, 0.1) is 0 Å². The van der Waals surface area contributed by atoms with Gasteiger partial charge in [-0.3, -0.25) is 0 Å². The fraction of sp³-hybridized carbons (Fsp3) is 0.103. The highest BCUT2D eigenvalue weighted by Crippen LogP contribution is 2.42. The molecule has 0 saturated carbocycles. The highest BCUT2D eigenvalue weighted by Gasteiger charge is 2.15. The minimum atomic E-state index is 0.530. The van der Waals surface area contributed by atoms with E-state index in [1.807, 2.05) is 47.7 Å². The quantitative estimate of drug-likeness (QED) is 0.274. The van der Waals surface area contributed by atoms with E-state index in [1.165, 1.54) is 42.4 Å². The molecule has 0 bridgehead atoms. The van der Waals surface area contributed by atoms with Crippen molar-refractivity contribution >= 4 is 31.5 Å². The van der Waals surface area contributed by atoms with Gasteiger partial charge in [-0.05, 0) is 85.5 Å². The smallest absolute Gasteiger partial charge is 0.248 e. The normalized spacial score (nSPS) is 11.5. The van der Waals surface area contributed by atoms with Gasteiger partial charge in [0.1, 0.15) is 0 Å². The van der Waals surface area contributed by atoms with Crippen LogP contribution in [0.25, 0.3) is 54.2 Å². The first-order chi connectivity index (χ1) is 16.1. The van der Waals surface area contributed by atoms with Gasteiger partial charge >= 0.3 is 0 Å². The molecule has 2 heterocycles. The second kappa shape index (κ2) is 7.68. The maximum Gasteiger partial charge on any atom is 0.248 e. The Labute approximate surface area is 196 Å². The maximum absolute atomic E-state index is 6.02. The molecule has 0 aliphatic rings. The number of nitrogens with zero attached hydrogens (tertiary/aromatic N) is 2. The molecule has 0 spiro atoms. The topological polar surface area (TPSA) is 38.9 Å². The summed E-state index contributed by atoms with van der Waals surface area (Å²) in [7, 11) is 0. The van der Waals surface area contributed by atoms with Crippen LogP contribution in [0.3, 0.4) is 0 Å². The molecule has 2 aromatic heterocycles. The van der Waals surface area contributed by atoms with Crippen molar-refractivity contribution in [1.82, 2.24) is 10.2 Å². The molecule has 0 amide bonds. The molecule has 160 valence electrons. The molecule has 6 aromatic rings.